The molecule has 3 rings (SSSR count). The van der Waals surface area contributed by atoms with Gasteiger partial charge in [-0.3, -0.25) is 0 Å². The van der Waals surface area contributed by atoms with Crippen LogP contribution in [0.25, 0.3) is 0 Å². The molecule has 112 valence electrons. The molecule has 0 radical (unpaired) electrons. The molecule has 2 atom stereocenters. The van der Waals surface area contributed by atoms with Crippen molar-refractivity contribution in [2.24, 2.45) is 0 Å². The second-order valence-corrected chi connectivity index (χ2v) is 6.39. The third kappa shape index (κ3) is 2.95. The van der Waals surface area contributed by atoms with Gasteiger partial charge in [-0.2, -0.15) is 0 Å². The fourth-order valence-electron chi connectivity index (χ4n) is 2.72. The van der Waals surface area contributed by atoms with Gasteiger partial charge in [0, 0.05) is 17.5 Å². The SMILES string of the molecule is Cc1cc(C2CCCN2C(=O)NC(C)c2cccs2)on1. The van der Waals surface area contributed by atoms with Crippen LogP contribution in [0.5, 0.6) is 0 Å². The van der Waals surface area contributed by atoms with Gasteiger partial charge in [-0.25, -0.2) is 4.79 Å². The molecule has 0 spiro atoms. The molecule has 5 nitrogen and oxygen atoms in total. The molecule has 0 aliphatic carbocycles. The molecule has 0 aromatic carbocycles. The van der Waals surface area contributed by atoms with Gasteiger partial charge in [0.2, 0.25) is 0 Å². The number of urea groups is 1. The summed E-state index contributed by atoms with van der Waals surface area (Å²) in [5.41, 5.74) is 0.851. The van der Waals surface area contributed by atoms with E-state index in [-0.39, 0.29) is 18.1 Å². The Hall–Kier alpha value is -1.82. The molecule has 1 aliphatic heterocycles. The normalized spacial score (nSPS) is 19.7. The van der Waals surface area contributed by atoms with E-state index < -0.39 is 0 Å². The van der Waals surface area contributed by atoms with Crippen molar-refractivity contribution >= 4 is 17.4 Å². The lowest BCUT2D eigenvalue weighted by molar-refractivity contribution is 0.179. The van der Waals surface area contributed by atoms with E-state index in [1.165, 1.54) is 0 Å². The molecular weight excluding hydrogens is 286 g/mol. The maximum atomic E-state index is 12.5. The predicted octanol–water partition coefficient (Wildman–Crippen LogP) is 3.65. The highest BCUT2D eigenvalue weighted by atomic mass is 32.1. The highest BCUT2D eigenvalue weighted by Gasteiger charge is 2.33. The van der Waals surface area contributed by atoms with Crippen LogP contribution in [0.1, 0.15) is 48.2 Å². The van der Waals surface area contributed by atoms with E-state index in [1.807, 2.05) is 42.3 Å². The van der Waals surface area contributed by atoms with E-state index in [9.17, 15) is 4.79 Å². The van der Waals surface area contributed by atoms with E-state index in [0.717, 1.165) is 35.7 Å². The van der Waals surface area contributed by atoms with Crippen LogP contribution >= 0.6 is 11.3 Å². The summed E-state index contributed by atoms with van der Waals surface area (Å²) in [6, 6.07) is 5.94. The van der Waals surface area contributed by atoms with Gasteiger partial charge in [0.15, 0.2) is 5.76 Å². The highest BCUT2D eigenvalue weighted by molar-refractivity contribution is 7.10. The molecule has 2 aromatic rings. The lowest BCUT2D eigenvalue weighted by Crippen LogP contribution is -2.40. The topological polar surface area (TPSA) is 58.4 Å². The highest BCUT2D eigenvalue weighted by Crippen LogP contribution is 2.32. The Morgan fingerprint density at radius 2 is 2.48 bits per heavy atom. The molecule has 1 N–H and O–H groups in total. The molecule has 0 bridgehead atoms. The first kappa shape index (κ1) is 14.1. The fraction of sp³-hybridized carbons (Fsp3) is 0.467. The molecule has 1 aliphatic rings. The number of rotatable bonds is 3. The molecule has 2 amide bonds. The van der Waals surface area contributed by atoms with Crippen molar-refractivity contribution in [2.75, 3.05) is 6.54 Å². The molecular formula is C15H19N3O2S. The van der Waals surface area contributed by atoms with E-state index >= 15 is 0 Å². The van der Waals surface area contributed by atoms with Gasteiger partial charge in [-0.05, 0) is 38.1 Å². The number of likely N-dealkylation sites (tertiary alicyclic amines) is 1. The van der Waals surface area contributed by atoms with Crippen molar-refractivity contribution in [2.45, 2.75) is 38.8 Å². The molecule has 1 fully saturated rings. The lowest BCUT2D eigenvalue weighted by Gasteiger charge is -2.25. The van der Waals surface area contributed by atoms with Crippen LogP contribution in [0, 0.1) is 6.92 Å². The first-order valence-electron chi connectivity index (χ1n) is 7.19. The van der Waals surface area contributed by atoms with Gasteiger partial charge in [-0.15, -0.1) is 11.3 Å². The van der Waals surface area contributed by atoms with Crippen LogP contribution in [0.4, 0.5) is 4.79 Å². The van der Waals surface area contributed by atoms with Crippen molar-refractivity contribution in [1.82, 2.24) is 15.4 Å². The monoisotopic (exact) mass is 305 g/mol. The van der Waals surface area contributed by atoms with Crippen LogP contribution in [-0.4, -0.2) is 22.6 Å². The van der Waals surface area contributed by atoms with E-state index in [2.05, 4.69) is 10.5 Å². The van der Waals surface area contributed by atoms with Crippen molar-refractivity contribution in [3.05, 3.63) is 39.9 Å². The minimum absolute atomic E-state index is 0.00161. The zero-order valence-electron chi connectivity index (χ0n) is 12.2. The number of carbonyl (C=O) groups excluding carboxylic acids is 1. The predicted molar refractivity (Wildman–Crippen MR) is 81.2 cm³/mol. The Kier molecular flexibility index (Phi) is 3.96. The van der Waals surface area contributed by atoms with Crippen molar-refractivity contribution < 1.29 is 9.32 Å². The second-order valence-electron chi connectivity index (χ2n) is 5.41. The number of nitrogens with zero attached hydrogens (tertiary/aromatic N) is 2. The minimum atomic E-state index is -0.0348. The van der Waals surface area contributed by atoms with E-state index in [0.29, 0.717) is 0 Å². The Morgan fingerprint density at radius 3 is 3.14 bits per heavy atom. The quantitative estimate of drug-likeness (QED) is 0.941. The van der Waals surface area contributed by atoms with Crippen LogP contribution in [-0.2, 0) is 0 Å². The van der Waals surface area contributed by atoms with Crippen LogP contribution in [0.2, 0.25) is 0 Å². The zero-order chi connectivity index (χ0) is 14.8. The Labute approximate surface area is 127 Å². The summed E-state index contributed by atoms with van der Waals surface area (Å²) >= 11 is 1.65. The van der Waals surface area contributed by atoms with Crippen molar-refractivity contribution in [3.63, 3.8) is 0 Å². The van der Waals surface area contributed by atoms with Gasteiger partial charge in [0.05, 0.1) is 17.8 Å². The number of carbonyl (C=O) groups is 1. The maximum Gasteiger partial charge on any atom is 0.318 e. The summed E-state index contributed by atoms with van der Waals surface area (Å²) in [7, 11) is 0. The number of nitrogens with one attached hydrogen (secondary N) is 1. The molecule has 2 aromatic heterocycles. The smallest absolute Gasteiger partial charge is 0.318 e. The van der Waals surface area contributed by atoms with E-state index in [4.69, 9.17) is 4.52 Å². The average Bonchev–Trinajstić information content (AvgIpc) is 3.19. The summed E-state index contributed by atoms with van der Waals surface area (Å²) in [5, 5.41) is 9.01. The standard InChI is InChI=1S/C15H19N3O2S/c1-10-9-13(20-17-10)12-5-3-7-18(12)15(19)16-11(2)14-6-4-8-21-14/h4,6,8-9,11-12H,3,5,7H2,1-2H3,(H,16,19). The van der Waals surface area contributed by atoms with Gasteiger partial charge in [0.25, 0.3) is 0 Å². The summed E-state index contributed by atoms with van der Waals surface area (Å²) < 4.78 is 5.34. The number of amides is 2. The van der Waals surface area contributed by atoms with Gasteiger partial charge in [0.1, 0.15) is 0 Å². The Morgan fingerprint density at radius 1 is 1.62 bits per heavy atom. The largest absolute Gasteiger partial charge is 0.359 e. The number of hydrogen-bond donors (Lipinski definition) is 1. The number of thiophene rings is 1. The maximum absolute atomic E-state index is 12.5. The minimum Gasteiger partial charge on any atom is -0.359 e. The molecule has 0 saturated carbocycles. The number of aryl methyl sites for hydroxylation is 1. The molecule has 2 unspecified atom stereocenters. The van der Waals surface area contributed by atoms with Crippen LogP contribution in [0.15, 0.2) is 28.1 Å². The summed E-state index contributed by atoms with van der Waals surface area (Å²) in [5.74, 6) is 0.781. The van der Waals surface area contributed by atoms with Gasteiger partial charge >= 0.3 is 6.03 Å². The lowest BCUT2D eigenvalue weighted by atomic mass is 10.1. The van der Waals surface area contributed by atoms with Crippen molar-refractivity contribution in [1.29, 1.82) is 0 Å². The summed E-state index contributed by atoms with van der Waals surface area (Å²) in [4.78, 5) is 15.5. The van der Waals surface area contributed by atoms with Gasteiger partial charge in [-0.1, -0.05) is 11.2 Å². The molecule has 3 heterocycles. The summed E-state index contributed by atoms with van der Waals surface area (Å²) in [6.45, 7) is 4.66. The number of aromatic nitrogens is 1. The third-order valence-corrected chi connectivity index (χ3v) is 4.85. The first-order chi connectivity index (χ1) is 10.1. The fourth-order valence-corrected chi connectivity index (χ4v) is 3.46. The Bertz CT molecular complexity index is 608. The third-order valence-electron chi connectivity index (χ3n) is 3.80. The average molecular weight is 305 g/mol. The van der Waals surface area contributed by atoms with Crippen LogP contribution < -0.4 is 5.32 Å². The zero-order valence-corrected chi connectivity index (χ0v) is 13.0. The Balaban J connectivity index is 1.68. The van der Waals surface area contributed by atoms with Crippen molar-refractivity contribution in [3.8, 4) is 0 Å². The second kappa shape index (κ2) is 5.89. The van der Waals surface area contributed by atoms with Crippen LogP contribution in [0.3, 0.4) is 0 Å². The van der Waals surface area contributed by atoms with Gasteiger partial charge < -0.3 is 14.7 Å². The molecule has 1 saturated heterocycles. The molecule has 6 heteroatoms. The summed E-state index contributed by atoms with van der Waals surface area (Å²) in [6.07, 6.45) is 1.92. The number of hydrogen-bond acceptors (Lipinski definition) is 4. The molecule has 21 heavy (non-hydrogen) atoms. The first-order valence-corrected chi connectivity index (χ1v) is 8.07. The van der Waals surface area contributed by atoms with E-state index in [1.54, 1.807) is 11.3 Å².